The van der Waals surface area contributed by atoms with Crippen molar-refractivity contribution in [2.45, 2.75) is 31.6 Å². The average molecular weight is 536 g/mol. The topological polar surface area (TPSA) is 136 Å². The fourth-order valence-electron chi connectivity index (χ4n) is 3.40. The zero-order valence-corrected chi connectivity index (χ0v) is 19.0. The molecule has 2 aromatic heterocycles. The molecule has 0 amide bonds. The number of nitrogens with zero attached hydrogens (tertiary/aromatic N) is 2. The van der Waals surface area contributed by atoms with Crippen LogP contribution in [-0.2, 0) is 36.0 Å². The van der Waals surface area contributed by atoms with Crippen LogP contribution in [0.4, 0.5) is 26.3 Å². The Morgan fingerprint density at radius 2 is 1.11 bits per heavy atom. The van der Waals surface area contributed by atoms with Gasteiger partial charge in [0.25, 0.3) is 11.1 Å². The minimum Gasteiger partial charge on any atom is -0.506 e. The van der Waals surface area contributed by atoms with Crippen LogP contribution >= 0.6 is 0 Å². The van der Waals surface area contributed by atoms with Gasteiger partial charge in [0, 0.05) is 26.9 Å². The van der Waals surface area contributed by atoms with Crippen LogP contribution in [0.1, 0.15) is 46.6 Å². The van der Waals surface area contributed by atoms with E-state index in [1.165, 1.54) is 0 Å². The second-order valence-electron chi connectivity index (χ2n) is 7.72. The fourth-order valence-corrected chi connectivity index (χ4v) is 3.40. The van der Waals surface area contributed by atoms with Gasteiger partial charge in [-0.3, -0.25) is 19.2 Å². The van der Waals surface area contributed by atoms with Crippen LogP contribution in [-0.4, -0.2) is 36.9 Å². The van der Waals surface area contributed by atoms with Crippen LogP contribution in [0, 0.1) is 0 Å². The van der Waals surface area contributed by atoms with Crippen LogP contribution in [0.15, 0.2) is 39.4 Å². The standard InChI is InChI=1S/C14H12F3NO4.C8H6F3NO3/c1-18-10(14(15,16)17)6-5-7(13(18)22)12(21)11-8(19)3-2-4-9(11)20;1-12-5(8(9,10)11)3-2-4(6(12)13)7(14)15/h5-6,21H,2-4H2,1H3;2-3H,1H3,(H,14,15). The summed E-state index contributed by atoms with van der Waals surface area (Å²) in [5.74, 6) is -3.64. The molecule has 0 aliphatic heterocycles. The number of ketones is 2. The van der Waals surface area contributed by atoms with Crippen molar-refractivity contribution in [3.05, 3.63) is 73.1 Å². The zero-order chi connectivity index (χ0) is 28.5. The molecule has 3 rings (SSSR count). The summed E-state index contributed by atoms with van der Waals surface area (Å²) in [4.78, 5) is 57.0. The van der Waals surface area contributed by atoms with Gasteiger partial charge in [0.15, 0.2) is 11.6 Å². The molecule has 9 nitrogen and oxygen atoms in total. The largest absolute Gasteiger partial charge is 0.506 e. The van der Waals surface area contributed by atoms with Crippen LogP contribution in [0.25, 0.3) is 5.76 Å². The highest BCUT2D eigenvalue weighted by Crippen LogP contribution is 2.30. The van der Waals surface area contributed by atoms with Crippen molar-refractivity contribution in [1.82, 2.24) is 9.13 Å². The summed E-state index contributed by atoms with van der Waals surface area (Å²) >= 11 is 0. The Balaban J connectivity index is 0.000000281. The van der Waals surface area contributed by atoms with E-state index in [0.29, 0.717) is 29.2 Å². The smallest absolute Gasteiger partial charge is 0.431 e. The first kappa shape index (κ1) is 29.1. The number of allylic oxidation sites excluding steroid dienone is 1. The molecule has 2 aromatic rings. The van der Waals surface area contributed by atoms with Gasteiger partial charge in [-0.05, 0) is 30.7 Å². The van der Waals surface area contributed by atoms with E-state index in [1.807, 2.05) is 0 Å². The molecule has 37 heavy (non-hydrogen) atoms. The van der Waals surface area contributed by atoms with E-state index in [4.69, 9.17) is 5.11 Å². The van der Waals surface area contributed by atoms with Crippen molar-refractivity contribution in [3.63, 3.8) is 0 Å². The lowest BCUT2D eigenvalue weighted by Gasteiger charge is -2.15. The second kappa shape index (κ2) is 10.4. The van der Waals surface area contributed by atoms with Crippen LogP contribution in [0.3, 0.4) is 0 Å². The summed E-state index contributed by atoms with van der Waals surface area (Å²) < 4.78 is 75.4. The molecule has 0 radical (unpaired) electrons. The quantitative estimate of drug-likeness (QED) is 0.261. The third-order valence-corrected chi connectivity index (χ3v) is 5.28. The van der Waals surface area contributed by atoms with Gasteiger partial charge >= 0.3 is 18.3 Å². The van der Waals surface area contributed by atoms with E-state index in [1.54, 1.807) is 0 Å². The number of halogens is 6. The minimum absolute atomic E-state index is 0.0477. The number of aromatic carboxylic acids is 1. The lowest BCUT2D eigenvalue weighted by Crippen LogP contribution is -2.29. The first-order valence-corrected chi connectivity index (χ1v) is 10.2. The first-order valence-electron chi connectivity index (χ1n) is 10.2. The van der Waals surface area contributed by atoms with Gasteiger partial charge in [-0.1, -0.05) is 0 Å². The highest BCUT2D eigenvalue weighted by atomic mass is 19.4. The molecule has 1 aliphatic carbocycles. The Kier molecular flexibility index (Phi) is 8.20. The van der Waals surface area contributed by atoms with Crippen molar-refractivity contribution >= 4 is 23.3 Å². The Hall–Kier alpha value is -4.17. The van der Waals surface area contributed by atoms with Gasteiger partial charge in [0.2, 0.25) is 0 Å². The maximum absolute atomic E-state index is 12.7. The van der Waals surface area contributed by atoms with Crippen molar-refractivity contribution in [1.29, 1.82) is 0 Å². The molecule has 1 fully saturated rings. The summed E-state index contributed by atoms with van der Waals surface area (Å²) in [6.45, 7) is 0. The molecule has 0 aromatic carbocycles. The number of aliphatic hydroxyl groups excluding tert-OH is 1. The first-order chi connectivity index (χ1) is 16.9. The van der Waals surface area contributed by atoms with Crippen molar-refractivity contribution < 1.29 is 50.9 Å². The van der Waals surface area contributed by atoms with Gasteiger partial charge in [-0.25, -0.2) is 4.79 Å². The highest BCUT2D eigenvalue weighted by molar-refractivity contribution is 6.25. The molecule has 2 N–H and O–H groups in total. The summed E-state index contributed by atoms with van der Waals surface area (Å²) in [6.07, 6.45) is -8.96. The Morgan fingerprint density at radius 3 is 1.49 bits per heavy atom. The van der Waals surface area contributed by atoms with E-state index >= 15 is 0 Å². The number of rotatable bonds is 2. The van der Waals surface area contributed by atoms with Crippen molar-refractivity contribution in [2.24, 2.45) is 14.1 Å². The van der Waals surface area contributed by atoms with Gasteiger partial charge in [0.1, 0.15) is 28.3 Å². The van der Waals surface area contributed by atoms with E-state index in [2.05, 4.69) is 0 Å². The van der Waals surface area contributed by atoms with Gasteiger partial charge in [-0.2, -0.15) is 26.3 Å². The van der Waals surface area contributed by atoms with E-state index in [9.17, 15) is 55.4 Å². The Morgan fingerprint density at radius 1 is 0.730 bits per heavy atom. The Bertz CT molecular complexity index is 1400. The number of carboxylic acids is 1. The third kappa shape index (κ3) is 6.16. The number of aliphatic hydroxyl groups is 1. The molecule has 0 unspecified atom stereocenters. The third-order valence-electron chi connectivity index (χ3n) is 5.28. The average Bonchev–Trinajstić information content (AvgIpc) is 2.75. The minimum atomic E-state index is -4.73. The summed E-state index contributed by atoms with van der Waals surface area (Å²) in [7, 11) is 1.77. The lowest BCUT2D eigenvalue weighted by molar-refractivity contribution is -0.144. The van der Waals surface area contributed by atoms with Crippen LogP contribution in [0.2, 0.25) is 0 Å². The van der Waals surface area contributed by atoms with Gasteiger partial charge in [0.05, 0.1) is 5.56 Å². The van der Waals surface area contributed by atoms with E-state index in [-0.39, 0.29) is 17.4 Å². The number of hydrogen-bond donors (Lipinski definition) is 2. The normalized spacial score (nSPS) is 14.2. The summed E-state index contributed by atoms with van der Waals surface area (Å²) in [5, 5.41) is 18.5. The molecule has 200 valence electrons. The number of aromatic nitrogens is 2. The lowest BCUT2D eigenvalue weighted by atomic mass is 9.90. The molecule has 0 bridgehead atoms. The maximum Gasteiger partial charge on any atom is 0.431 e. The monoisotopic (exact) mass is 536 g/mol. The molecule has 0 spiro atoms. The number of hydrogen-bond acceptors (Lipinski definition) is 6. The molecule has 2 heterocycles. The van der Waals surface area contributed by atoms with Gasteiger partial charge in [-0.15, -0.1) is 0 Å². The Labute approximate surface area is 202 Å². The van der Waals surface area contributed by atoms with Crippen LogP contribution < -0.4 is 11.1 Å². The molecule has 15 heteroatoms. The molecular formula is C22H18F6N2O7. The molecule has 0 saturated heterocycles. The SMILES string of the molecule is Cn1c(C(F)(F)F)ccc(C(=O)O)c1=O.Cn1c(C(F)(F)F)ccc(C(O)=C2C(=O)CCCC2=O)c1=O. The fraction of sp³-hybridized carbons (Fsp3) is 0.318. The van der Waals surface area contributed by atoms with E-state index < -0.39 is 74.9 Å². The zero-order valence-electron chi connectivity index (χ0n) is 19.0. The van der Waals surface area contributed by atoms with Crippen molar-refractivity contribution in [3.8, 4) is 0 Å². The summed E-state index contributed by atoms with van der Waals surface area (Å²) in [6, 6.07) is 2.59. The number of carbonyl (C=O) groups is 3. The molecule has 1 saturated carbocycles. The predicted molar refractivity (Wildman–Crippen MR) is 114 cm³/mol. The second-order valence-corrected chi connectivity index (χ2v) is 7.72. The number of carboxylic acid groups (broad SMARTS) is 1. The summed E-state index contributed by atoms with van der Waals surface area (Å²) in [5.41, 5.74) is -6.40. The predicted octanol–water partition coefficient (Wildman–Crippen LogP) is 3.10. The van der Waals surface area contributed by atoms with E-state index in [0.717, 1.165) is 20.2 Å². The molecular weight excluding hydrogens is 518 g/mol. The van der Waals surface area contributed by atoms with Crippen molar-refractivity contribution in [2.75, 3.05) is 0 Å². The number of pyridine rings is 2. The maximum atomic E-state index is 12.7. The number of carbonyl (C=O) groups excluding carboxylic acids is 2. The van der Waals surface area contributed by atoms with Gasteiger partial charge < -0.3 is 19.3 Å². The molecule has 0 atom stereocenters. The molecule has 1 aliphatic rings. The highest BCUT2D eigenvalue weighted by Gasteiger charge is 2.36. The number of Topliss-reactive ketones (excluding diaryl/α,β-unsaturated/α-hetero) is 2. The van der Waals surface area contributed by atoms with Crippen LogP contribution in [0.5, 0.6) is 0 Å². The number of alkyl halides is 6.